The molecule has 0 spiro atoms. The van der Waals surface area contributed by atoms with Crippen molar-refractivity contribution in [3.8, 4) is 5.75 Å². The molecule has 2 atom stereocenters. The van der Waals surface area contributed by atoms with E-state index in [0.717, 1.165) is 19.2 Å². The lowest BCUT2D eigenvalue weighted by Crippen LogP contribution is -2.38. The predicted molar refractivity (Wildman–Crippen MR) is 76.3 cm³/mol. The van der Waals surface area contributed by atoms with Crippen molar-refractivity contribution in [2.24, 2.45) is 11.8 Å². The molecule has 0 aliphatic carbocycles. The van der Waals surface area contributed by atoms with Crippen LogP contribution in [0.4, 0.5) is 4.39 Å². The second-order valence-electron chi connectivity index (χ2n) is 6.16. The molecule has 0 aromatic heterocycles. The highest BCUT2D eigenvalue weighted by Crippen LogP contribution is 2.28. The molecular formula is C16H22FNO2. The Labute approximate surface area is 119 Å². The van der Waals surface area contributed by atoms with Crippen LogP contribution in [0.25, 0.3) is 0 Å². The summed E-state index contributed by atoms with van der Waals surface area (Å²) in [7, 11) is 0. The van der Waals surface area contributed by atoms with Crippen molar-refractivity contribution in [1.82, 2.24) is 4.90 Å². The number of hydrogen-bond acceptors (Lipinski definition) is 3. The summed E-state index contributed by atoms with van der Waals surface area (Å²) in [6, 6.07) is 2.42. The summed E-state index contributed by atoms with van der Waals surface area (Å²) in [6.45, 7) is 8.11. The number of piperidine rings is 1. The van der Waals surface area contributed by atoms with Crippen LogP contribution in [-0.2, 0) is 6.54 Å². The van der Waals surface area contributed by atoms with Crippen molar-refractivity contribution >= 4 is 5.78 Å². The zero-order chi connectivity index (χ0) is 14.9. The van der Waals surface area contributed by atoms with Crippen LogP contribution >= 0.6 is 0 Å². The number of phenolic OH excluding ortho intramolecular Hbond substituents is 1. The van der Waals surface area contributed by atoms with Gasteiger partial charge in [-0.05, 0) is 37.3 Å². The number of Topliss-reactive ketones (excluding diaryl/α,β-unsaturated/α-hetero) is 1. The van der Waals surface area contributed by atoms with E-state index in [1.807, 2.05) is 0 Å². The summed E-state index contributed by atoms with van der Waals surface area (Å²) in [5, 5.41) is 10.1. The van der Waals surface area contributed by atoms with Crippen LogP contribution in [-0.4, -0.2) is 28.9 Å². The number of carbonyl (C=O) groups is 1. The summed E-state index contributed by atoms with van der Waals surface area (Å²) in [4.78, 5) is 13.6. The van der Waals surface area contributed by atoms with E-state index in [1.54, 1.807) is 0 Å². The van der Waals surface area contributed by atoms with Gasteiger partial charge >= 0.3 is 0 Å². The molecule has 0 saturated carbocycles. The molecule has 1 aromatic carbocycles. The Balaban J connectivity index is 2.23. The van der Waals surface area contributed by atoms with Crippen molar-refractivity contribution < 1.29 is 14.3 Å². The average Bonchev–Trinajstić information content (AvgIpc) is 2.31. The van der Waals surface area contributed by atoms with Gasteiger partial charge < -0.3 is 5.11 Å². The molecule has 1 fully saturated rings. The fourth-order valence-corrected chi connectivity index (χ4v) is 3.21. The van der Waals surface area contributed by atoms with E-state index >= 15 is 0 Å². The van der Waals surface area contributed by atoms with Crippen LogP contribution in [0.2, 0.25) is 0 Å². The summed E-state index contributed by atoms with van der Waals surface area (Å²) in [5.74, 6) is 0.331. The zero-order valence-corrected chi connectivity index (χ0v) is 12.3. The molecule has 1 aliphatic rings. The highest BCUT2D eigenvalue weighted by atomic mass is 19.1. The molecule has 2 unspecified atom stereocenters. The minimum Gasteiger partial charge on any atom is -0.507 e. The first-order chi connectivity index (χ1) is 9.36. The first-order valence-electron chi connectivity index (χ1n) is 7.11. The molecule has 0 bridgehead atoms. The molecule has 2 rings (SSSR count). The SMILES string of the molecule is CC(=O)c1cc(F)cc(CN2CC(C)CC(C)C2)c1O. The number of carbonyl (C=O) groups excluding carboxylic acids is 1. The van der Waals surface area contributed by atoms with Crippen molar-refractivity contribution in [1.29, 1.82) is 0 Å². The molecule has 1 saturated heterocycles. The lowest BCUT2D eigenvalue weighted by atomic mass is 9.91. The quantitative estimate of drug-likeness (QED) is 0.864. The number of hydrogen-bond donors (Lipinski definition) is 1. The number of halogens is 1. The van der Waals surface area contributed by atoms with Crippen LogP contribution in [0, 0.1) is 17.7 Å². The number of benzene rings is 1. The van der Waals surface area contributed by atoms with Crippen molar-refractivity contribution in [2.45, 2.75) is 33.7 Å². The second kappa shape index (κ2) is 5.92. The van der Waals surface area contributed by atoms with Crippen LogP contribution in [0.1, 0.15) is 43.1 Å². The Kier molecular flexibility index (Phi) is 4.43. The van der Waals surface area contributed by atoms with Crippen molar-refractivity contribution in [3.63, 3.8) is 0 Å². The normalized spacial score (nSPS) is 23.8. The molecule has 110 valence electrons. The third kappa shape index (κ3) is 3.37. The molecule has 4 heteroatoms. The van der Waals surface area contributed by atoms with Gasteiger partial charge in [-0.1, -0.05) is 13.8 Å². The fraction of sp³-hybridized carbons (Fsp3) is 0.562. The van der Waals surface area contributed by atoms with E-state index in [9.17, 15) is 14.3 Å². The predicted octanol–water partition coefficient (Wildman–Crippen LogP) is 3.21. The maximum Gasteiger partial charge on any atom is 0.163 e. The van der Waals surface area contributed by atoms with E-state index in [1.165, 1.54) is 19.4 Å². The smallest absolute Gasteiger partial charge is 0.163 e. The summed E-state index contributed by atoms with van der Waals surface area (Å²) in [5.41, 5.74) is 0.564. The van der Waals surface area contributed by atoms with Gasteiger partial charge in [0.25, 0.3) is 0 Å². The average molecular weight is 279 g/mol. The molecular weight excluding hydrogens is 257 g/mol. The number of likely N-dealkylation sites (tertiary alicyclic amines) is 1. The first kappa shape index (κ1) is 15.0. The van der Waals surface area contributed by atoms with Gasteiger partial charge in [0.15, 0.2) is 5.78 Å². The van der Waals surface area contributed by atoms with E-state index in [4.69, 9.17) is 0 Å². The number of phenols is 1. The summed E-state index contributed by atoms with van der Waals surface area (Å²) < 4.78 is 13.6. The fourth-order valence-electron chi connectivity index (χ4n) is 3.21. The van der Waals surface area contributed by atoms with E-state index < -0.39 is 5.82 Å². The van der Waals surface area contributed by atoms with E-state index in [-0.39, 0.29) is 17.1 Å². The lowest BCUT2D eigenvalue weighted by Gasteiger charge is -2.35. The maximum absolute atomic E-state index is 13.6. The van der Waals surface area contributed by atoms with Gasteiger partial charge in [-0.3, -0.25) is 9.69 Å². The molecule has 1 heterocycles. The molecule has 1 aromatic rings. The highest BCUT2D eigenvalue weighted by Gasteiger charge is 2.23. The maximum atomic E-state index is 13.6. The van der Waals surface area contributed by atoms with Crippen molar-refractivity contribution in [2.75, 3.05) is 13.1 Å². The summed E-state index contributed by atoms with van der Waals surface area (Å²) >= 11 is 0. The zero-order valence-electron chi connectivity index (χ0n) is 12.3. The minimum atomic E-state index is -0.471. The Morgan fingerprint density at radius 1 is 1.35 bits per heavy atom. The number of ketones is 1. The van der Waals surface area contributed by atoms with Gasteiger partial charge in [0.2, 0.25) is 0 Å². The monoisotopic (exact) mass is 279 g/mol. The van der Waals surface area contributed by atoms with Crippen molar-refractivity contribution in [3.05, 3.63) is 29.1 Å². The molecule has 0 radical (unpaired) electrons. The van der Waals surface area contributed by atoms with Gasteiger partial charge in [-0.15, -0.1) is 0 Å². The Morgan fingerprint density at radius 3 is 2.50 bits per heavy atom. The third-order valence-electron chi connectivity index (χ3n) is 3.87. The Morgan fingerprint density at radius 2 is 1.95 bits per heavy atom. The number of rotatable bonds is 3. The summed E-state index contributed by atoms with van der Waals surface area (Å²) in [6.07, 6.45) is 1.20. The van der Waals surface area contributed by atoms with Gasteiger partial charge in [0.05, 0.1) is 5.56 Å². The minimum absolute atomic E-state index is 0.0677. The lowest BCUT2D eigenvalue weighted by molar-refractivity contribution is 0.101. The van der Waals surface area contributed by atoms with Gasteiger partial charge in [-0.25, -0.2) is 4.39 Å². The van der Waals surface area contributed by atoms with E-state index in [0.29, 0.717) is 23.9 Å². The van der Waals surface area contributed by atoms with E-state index in [2.05, 4.69) is 18.7 Å². The third-order valence-corrected chi connectivity index (χ3v) is 3.87. The molecule has 20 heavy (non-hydrogen) atoms. The van der Waals surface area contributed by atoms with Crippen LogP contribution < -0.4 is 0 Å². The van der Waals surface area contributed by atoms with Crippen LogP contribution in [0.5, 0.6) is 5.75 Å². The Bertz CT molecular complexity index is 505. The highest BCUT2D eigenvalue weighted by molar-refractivity contribution is 5.97. The second-order valence-corrected chi connectivity index (χ2v) is 6.16. The molecule has 0 amide bonds. The topological polar surface area (TPSA) is 40.5 Å². The number of aromatic hydroxyl groups is 1. The van der Waals surface area contributed by atoms with Gasteiger partial charge in [0.1, 0.15) is 11.6 Å². The Hall–Kier alpha value is -1.42. The first-order valence-corrected chi connectivity index (χ1v) is 7.11. The largest absolute Gasteiger partial charge is 0.507 e. The molecule has 1 N–H and O–H groups in total. The van der Waals surface area contributed by atoms with Gasteiger partial charge in [0, 0.05) is 25.2 Å². The van der Waals surface area contributed by atoms with Gasteiger partial charge in [-0.2, -0.15) is 0 Å². The molecule has 1 aliphatic heterocycles. The molecule has 3 nitrogen and oxygen atoms in total. The standard InChI is InChI=1S/C16H22FNO2/c1-10-4-11(2)8-18(7-10)9-13-5-14(17)6-15(12(3)19)16(13)20/h5-6,10-11,20H,4,7-9H2,1-3H3. The number of nitrogens with zero attached hydrogens (tertiary/aromatic N) is 1. The van der Waals surface area contributed by atoms with Crippen LogP contribution in [0.15, 0.2) is 12.1 Å². The van der Waals surface area contributed by atoms with Crippen LogP contribution in [0.3, 0.4) is 0 Å².